The summed E-state index contributed by atoms with van der Waals surface area (Å²) in [5.41, 5.74) is -0.295. The Balaban J connectivity index is 1.71. The highest BCUT2D eigenvalue weighted by Crippen LogP contribution is 2.15. The third kappa shape index (κ3) is 4.10. The van der Waals surface area contributed by atoms with E-state index in [2.05, 4.69) is 20.3 Å². The van der Waals surface area contributed by atoms with Crippen LogP contribution >= 0.6 is 11.8 Å². The standard InChI is InChI=1S/C15H17N5O2S/c21-14(17-12-3-1-2-6-16-12)11-20-15(22)5-4-13(18-20)19-7-9-23-10-8-19/h1-6H,7-11H2,(H,16,17,21). The predicted octanol–water partition coefficient (Wildman–Crippen LogP) is 0.830. The zero-order chi connectivity index (χ0) is 16.1. The molecule has 1 N–H and O–H groups in total. The van der Waals surface area contributed by atoms with Crippen LogP contribution in [0.15, 0.2) is 41.3 Å². The van der Waals surface area contributed by atoms with Crippen molar-refractivity contribution in [3.63, 3.8) is 0 Å². The van der Waals surface area contributed by atoms with Gasteiger partial charge in [-0.2, -0.15) is 16.9 Å². The van der Waals surface area contributed by atoms with Crippen LogP contribution in [0, 0.1) is 0 Å². The second kappa shape index (κ2) is 7.28. The lowest BCUT2D eigenvalue weighted by Gasteiger charge is -2.27. The van der Waals surface area contributed by atoms with Gasteiger partial charge in [-0.15, -0.1) is 0 Å². The molecule has 23 heavy (non-hydrogen) atoms. The largest absolute Gasteiger partial charge is 0.354 e. The van der Waals surface area contributed by atoms with Crippen LogP contribution in [0.2, 0.25) is 0 Å². The molecule has 8 heteroatoms. The van der Waals surface area contributed by atoms with Gasteiger partial charge in [0.05, 0.1) is 0 Å². The highest BCUT2D eigenvalue weighted by molar-refractivity contribution is 7.99. The number of carbonyl (C=O) groups is 1. The van der Waals surface area contributed by atoms with Crippen molar-refractivity contribution in [3.8, 4) is 0 Å². The summed E-state index contributed by atoms with van der Waals surface area (Å²) in [6, 6.07) is 8.41. The van der Waals surface area contributed by atoms with Crippen molar-refractivity contribution < 1.29 is 4.79 Å². The van der Waals surface area contributed by atoms with Crippen molar-refractivity contribution >= 4 is 29.3 Å². The van der Waals surface area contributed by atoms with Crippen LogP contribution in [0.4, 0.5) is 11.6 Å². The molecule has 0 aliphatic carbocycles. The van der Waals surface area contributed by atoms with E-state index in [1.54, 1.807) is 30.5 Å². The molecule has 0 atom stereocenters. The van der Waals surface area contributed by atoms with Crippen molar-refractivity contribution in [1.82, 2.24) is 14.8 Å². The highest BCUT2D eigenvalue weighted by Gasteiger charge is 2.14. The number of aromatic nitrogens is 3. The molecule has 0 radical (unpaired) electrons. The van der Waals surface area contributed by atoms with Crippen LogP contribution in [-0.2, 0) is 11.3 Å². The molecule has 0 spiro atoms. The third-order valence-electron chi connectivity index (χ3n) is 3.41. The summed E-state index contributed by atoms with van der Waals surface area (Å²) in [6.07, 6.45) is 1.59. The molecule has 1 aliphatic rings. The lowest BCUT2D eigenvalue weighted by Crippen LogP contribution is -2.36. The van der Waals surface area contributed by atoms with Crippen LogP contribution in [0.5, 0.6) is 0 Å². The molecule has 1 fully saturated rings. The van der Waals surface area contributed by atoms with E-state index in [0.717, 1.165) is 30.4 Å². The fraction of sp³-hybridized carbons (Fsp3) is 0.333. The summed E-state index contributed by atoms with van der Waals surface area (Å²) in [7, 11) is 0. The van der Waals surface area contributed by atoms with E-state index in [1.165, 1.54) is 10.7 Å². The van der Waals surface area contributed by atoms with Crippen LogP contribution in [0.1, 0.15) is 0 Å². The number of rotatable bonds is 4. The van der Waals surface area contributed by atoms with E-state index in [4.69, 9.17) is 0 Å². The number of thioether (sulfide) groups is 1. The van der Waals surface area contributed by atoms with Crippen molar-refractivity contribution in [2.24, 2.45) is 0 Å². The zero-order valence-electron chi connectivity index (χ0n) is 12.5. The lowest BCUT2D eigenvalue weighted by molar-refractivity contribution is -0.117. The summed E-state index contributed by atoms with van der Waals surface area (Å²) < 4.78 is 1.19. The number of hydrogen-bond acceptors (Lipinski definition) is 6. The fourth-order valence-electron chi connectivity index (χ4n) is 2.27. The smallest absolute Gasteiger partial charge is 0.267 e. The van der Waals surface area contributed by atoms with Gasteiger partial charge < -0.3 is 10.2 Å². The first kappa shape index (κ1) is 15.5. The molecule has 1 aliphatic heterocycles. The SMILES string of the molecule is O=C(Cn1nc(N2CCSCC2)ccc1=O)Nc1ccccn1. The van der Waals surface area contributed by atoms with Gasteiger partial charge in [-0.25, -0.2) is 9.67 Å². The second-order valence-electron chi connectivity index (χ2n) is 5.05. The molecule has 0 saturated carbocycles. The van der Waals surface area contributed by atoms with E-state index in [0.29, 0.717) is 5.82 Å². The van der Waals surface area contributed by atoms with Gasteiger partial charge in [0.25, 0.3) is 5.56 Å². The molecule has 1 amide bonds. The third-order valence-corrected chi connectivity index (χ3v) is 4.36. The van der Waals surface area contributed by atoms with Crippen molar-refractivity contribution in [2.45, 2.75) is 6.54 Å². The molecule has 2 aromatic rings. The minimum atomic E-state index is -0.329. The Labute approximate surface area is 137 Å². The van der Waals surface area contributed by atoms with E-state index >= 15 is 0 Å². The van der Waals surface area contributed by atoms with E-state index in [9.17, 15) is 9.59 Å². The summed E-state index contributed by atoms with van der Waals surface area (Å²) >= 11 is 1.90. The van der Waals surface area contributed by atoms with Crippen LogP contribution in [0.25, 0.3) is 0 Å². The Morgan fingerprint density at radius 2 is 2.04 bits per heavy atom. The molecular formula is C15H17N5O2S. The maximum atomic E-state index is 12.1. The van der Waals surface area contributed by atoms with Crippen molar-refractivity contribution in [3.05, 3.63) is 46.9 Å². The number of nitrogens with one attached hydrogen (secondary N) is 1. The van der Waals surface area contributed by atoms with Gasteiger partial charge >= 0.3 is 0 Å². The Bertz CT molecular complexity index is 728. The number of pyridine rings is 1. The molecule has 120 valence electrons. The fourth-order valence-corrected chi connectivity index (χ4v) is 3.17. The Kier molecular flexibility index (Phi) is 4.92. The maximum Gasteiger partial charge on any atom is 0.267 e. The molecule has 3 rings (SSSR count). The Hall–Kier alpha value is -2.35. The van der Waals surface area contributed by atoms with Crippen molar-refractivity contribution in [2.75, 3.05) is 34.8 Å². The summed E-state index contributed by atoms with van der Waals surface area (Å²) in [5.74, 6) is 2.94. The quantitative estimate of drug-likeness (QED) is 0.894. The first-order chi connectivity index (χ1) is 11.2. The molecule has 7 nitrogen and oxygen atoms in total. The van der Waals surface area contributed by atoms with Crippen molar-refractivity contribution in [1.29, 1.82) is 0 Å². The first-order valence-corrected chi connectivity index (χ1v) is 8.49. The first-order valence-electron chi connectivity index (χ1n) is 7.34. The minimum absolute atomic E-state index is 0.133. The predicted molar refractivity (Wildman–Crippen MR) is 90.9 cm³/mol. The van der Waals surface area contributed by atoms with Gasteiger partial charge in [-0.3, -0.25) is 9.59 Å². The van der Waals surface area contributed by atoms with Gasteiger partial charge in [0.1, 0.15) is 18.2 Å². The summed E-state index contributed by atoms with van der Waals surface area (Å²) in [4.78, 5) is 30.1. The van der Waals surface area contributed by atoms with Crippen LogP contribution in [-0.4, -0.2) is 45.3 Å². The molecule has 2 aromatic heterocycles. The number of amides is 1. The Morgan fingerprint density at radius 1 is 1.22 bits per heavy atom. The highest BCUT2D eigenvalue weighted by atomic mass is 32.2. The molecular weight excluding hydrogens is 314 g/mol. The molecule has 1 saturated heterocycles. The minimum Gasteiger partial charge on any atom is -0.354 e. The van der Waals surface area contributed by atoms with Gasteiger partial charge in [0, 0.05) is 36.9 Å². The monoisotopic (exact) mass is 331 g/mol. The zero-order valence-corrected chi connectivity index (χ0v) is 13.3. The average molecular weight is 331 g/mol. The van der Waals surface area contributed by atoms with Gasteiger partial charge in [-0.1, -0.05) is 6.07 Å². The van der Waals surface area contributed by atoms with Crippen LogP contribution < -0.4 is 15.8 Å². The molecule has 3 heterocycles. The number of anilines is 2. The molecule has 0 bridgehead atoms. The van der Waals surface area contributed by atoms with Gasteiger partial charge in [0.2, 0.25) is 5.91 Å². The summed E-state index contributed by atoms with van der Waals surface area (Å²) in [6.45, 7) is 1.66. The maximum absolute atomic E-state index is 12.1. The number of nitrogens with zero attached hydrogens (tertiary/aromatic N) is 4. The van der Waals surface area contributed by atoms with E-state index in [1.807, 2.05) is 11.8 Å². The second-order valence-corrected chi connectivity index (χ2v) is 6.27. The molecule has 0 unspecified atom stereocenters. The Morgan fingerprint density at radius 3 is 2.78 bits per heavy atom. The molecule has 0 aromatic carbocycles. The summed E-state index contributed by atoms with van der Waals surface area (Å²) in [5, 5.41) is 6.97. The number of carbonyl (C=O) groups excluding carboxylic acids is 1. The normalized spacial score (nSPS) is 14.5. The van der Waals surface area contributed by atoms with Crippen LogP contribution in [0.3, 0.4) is 0 Å². The van der Waals surface area contributed by atoms with E-state index in [-0.39, 0.29) is 18.0 Å². The van der Waals surface area contributed by atoms with E-state index < -0.39 is 0 Å². The topological polar surface area (TPSA) is 80.1 Å². The van der Waals surface area contributed by atoms with Gasteiger partial charge in [-0.05, 0) is 18.2 Å². The number of hydrogen-bond donors (Lipinski definition) is 1. The average Bonchev–Trinajstić information content (AvgIpc) is 2.58. The lowest BCUT2D eigenvalue weighted by atomic mass is 10.4. The van der Waals surface area contributed by atoms with Gasteiger partial charge in [0.15, 0.2) is 0 Å².